The van der Waals surface area contributed by atoms with Crippen molar-refractivity contribution >= 4 is 11.6 Å². The SMILES string of the molecule is CC(C)C1OCCC1CNC(=O)c1cc(F)c(F)cc1[N+](=O)[O-]. The molecule has 2 atom stereocenters. The molecule has 8 heteroatoms. The Kier molecular flexibility index (Phi) is 5.25. The summed E-state index contributed by atoms with van der Waals surface area (Å²) in [6, 6.07) is 0.966. The summed E-state index contributed by atoms with van der Waals surface area (Å²) in [5.74, 6) is -3.10. The molecule has 1 heterocycles. The van der Waals surface area contributed by atoms with Crippen LogP contribution in [0.15, 0.2) is 12.1 Å². The van der Waals surface area contributed by atoms with E-state index in [1.807, 2.05) is 13.8 Å². The van der Waals surface area contributed by atoms with Crippen molar-refractivity contribution in [3.63, 3.8) is 0 Å². The fourth-order valence-electron chi connectivity index (χ4n) is 2.80. The standard InChI is InChI=1S/C15H18F2N2O4/c1-8(2)14-9(3-4-23-14)7-18-15(20)10-5-11(16)12(17)6-13(10)19(21)22/h5-6,8-9,14H,3-4,7H2,1-2H3,(H,18,20). The number of benzene rings is 1. The maximum atomic E-state index is 13.3. The molecule has 0 saturated carbocycles. The minimum atomic E-state index is -1.36. The average molecular weight is 328 g/mol. The van der Waals surface area contributed by atoms with Crippen molar-refractivity contribution in [1.29, 1.82) is 0 Å². The van der Waals surface area contributed by atoms with Gasteiger partial charge in [-0.15, -0.1) is 0 Å². The topological polar surface area (TPSA) is 81.5 Å². The highest BCUT2D eigenvalue weighted by Gasteiger charge is 2.31. The minimum Gasteiger partial charge on any atom is -0.378 e. The van der Waals surface area contributed by atoms with Crippen LogP contribution in [0.2, 0.25) is 0 Å². The fraction of sp³-hybridized carbons (Fsp3) is 0.533. The van der Waals surface area contributed by atoms with Crippen molar-refractivity contribution in [2.45, 2.75) is 26.4 Å². The number of hydrogen-bond donors (Lipinski definition) is 1. The molecular weight excluding hydrogens is 310 g/mol. The van der Waals surface area contributed by atoms with Gasteiger partial charge in [-0.25, -0.2) is 8.78 Å². The predicted molar refractivity (Wildman–Crippen MR) is 78.0 cm³/mol. The minimum absolute atomic E-state index is 0.00441. The first-order valence-corrected chi connectivity index (χ1v) is 7.34. The molecule has 2 unspecified atom stereocenters. The highest BCUT2D eigenvalue weighted by Crippen LogP contribution is 2.27. The van der Waals surface area contributed by atoms with Crippen LogP contribution in [0.25, 0.3) is 0 Å². The zero-order chi connectivity index (χ0) is 17.1. The lowest BCUT2D eigenvalue weighted by Crippen LogP contribution is -2.35. The summed E-state index contributed by atoms with van der Waals surface area (Å²) in [7, 11) is 0. The van der Waals surface area contributed by atoms with Crippen LogP contribution in [0, 0.1) is 33.6 Å². The van der Waals surface area contributed by atoms with Gasteiger partial charge in [0, 0.05) is 19.1 Å². The van der Waals surface area contributed by atoms with Gasteiger partial charge < -0.3 is 10.1 Å². The van der Waals surface area contributed by atoms with Gasteiger partial charge in [-0.05, 0) is 18.4 Å². The fourth-order valence-corrected chi connectivity index (χ4v) is 2.80. The number of nitrogens with zero attached hydrogens (tertiary/aromatic N) is 1. The largest absolute Gasteiger partial charge is 0.378 e. The number of nitrogens with one attached hydrogen (secondary N) is 1. The molecule has 6 nitrogen and oxygen atoms in total. The number of halogens is 2. The Labute approximate surface area is 132 Å². The van der Waals surface area contributed by atoms with Gasteiger partial charge in [-0.1, -0.05) is 13.8 Å². The van der Waals surface area contributed by atoms with E-state index in [0.717, 1.165) is 6.42 Å². The van der Waals surface area contributed by atoms with E-state index in [9.17, 15) is 23.7 Å². The van der Waals surface area contributed by atoms with E-state index in [-0.39, 0.29) is 24.5 Å². The third-order valence-electron chi connectivity index (χ3n) is 3.93. The molecule has 1 aromatic carbocycles. The van der Waals surface area contributed by atoms with Crippen LogP contribution in [-0.4, -0.2) is 30.1 Å². The van der Waals surface area contributed by atoms with Crippen LogP contribution in [0.5, 0.6) is 0 Å². The van der Waals surface area contributed by atoms with E-state index < -0.39 is 33.7 Å². The monoisotopic (exact) mass is 328 g/mol. The average Bonchev–Trinajstić information content (AvgIpc) is 2.95. The van der Waals surface area contributed by atoms with Gasteiger partial charge in [-0.3, -0.25) is 14.9 Å². The van der Waals surface area contributed by atoms with Crippen LogP contribution in [0.3, 0.4) is 0 Å². The Morgan fingerprint density at radius 1 is 1.43 bits per heavy atom. The predicted octanol–water partition coefficient (Wildman–Crippen LogP) is 2.66. The molecule has 1 aliphatic rings. The number of ether oxygens (including phenoxy) is 1. The molecule has 0 aliphatic carbocycles. The molecule has 0 bridgehead atoms. The molecule has 1 aliphatic heterocycles. The summed E-state index contributed by atoms with van der Waals surface area (Å²) >= 11 is 0. The van der Waals surface area contributed by atoms with E-state index in [0.29, 0.717) is 18.7 Å². The maximum absolute atomic E-state index is 13.3. The summed E-state index contributed by atoms with van der Waals surface area (Å²) in [4.78, 5) is 22.1. The Balaban J connectivity index is 2.12. The Morgan fingerprint density at radius 2 is 2.09 bits per heavy atom. The molecule has 1 aromatic rings. The third-order valence-corrected chi connectivity index (χ3v) is 3.93. The molecule has 1 N–H and O–H groups in total. The molecule has 0 aromatic heterocycles. The van der Waals surface area contributed by atoms with Crippen LogP contribution in [0.1, 0.15) is 30.6 Å². The van der Waals surface area contributed by atoms with Gasteiger partial charge in [0.15, 0.2) is 11.6 Å². The van der Waals surface area contributed by atoms with Gasteiger partial charge >= 0.3 is 0 Å². The molecular formula is C15H18F2N2O4. The number of carbonyl (C=O) groups is 1. The lowest BCUT2D eigenvalue weighted by molar-refractivity contribution is -0.385. The third kappa shape index (κ3) is 3.82. The molecule has 1 fully saturated rings. The van der Waals surface area contributed by atoms with Crippen LogP contribution < -0.4 is 5.32 Å². The summed E-state index contributed by atoms with van der Waals surface area (Å²) in [5, 5.41) is 13.5. The number of rotatable bonds is 5. The zero-order valence-corrected chi connectivity index (χ0v) is 12.8. The van der Waals surface area contributed by atoms with Crippen molar-refractivity contribution in [3.8, 4) is 0 Å². The van der Waals surface area contributed by atoms with Crippen molar-refractivity contribution in [2.24, 2.45) is 11.8 Å². The Bertz CT molecular complexity index is 622. The van der Waals surface area contributed by atoms with Crippen molar-refractivity contribution < 1.29 is 23.2 Å². The van der Waals surface area contributed by atoms with Crippen LogP contribution in [-0.2, 0) is 4.74 Å². The second-order valence-corrected chi connectivity index (χ2v) is 5.88. The second kappa shape index (κ2) is 6.99. The van der Waals surface area contributed by atoms with Crippen molar-refractivity contribution in [1.82, 2.24) is 5.32 Å². The Morgan fingerprint density at radius 3 is 2.70 bits per heavy atom. The molecule has 2 rings (SSSR count). The molecule has 1 saturated heterocycles. The van der Waals surface area contributed by atoms with E-state index in [1.165, 1.54) is 0 Å². The van der Waals surface area contributed by atoms with Crippen LogP contribution >= 0.6 is 0 Å². The van der Waals surface area contributed by atoms with Crippen molar-refractivity contribution in [3.05, 3.63) is 39.4 Å². The number of carbonyl (C=O) groups excluding carboxylic acids is 1. The smallest absolute Gasteiger partial charge is 0.285 e. The summed E-state index contributed by atoms with van der Waals surface area (Å²) in [5.41, 5.74) is -1.25. The van der Waals surface area contributed by atoms with Gasteiger partial charge in [0.1, 0.15) is 5.56 Å². The van der Waals surface area contributed by atoms with Gasteiger partial charge in [0.05, 0.1) is 17.1 Å². The van der Waals surface area contributed by atoms with E-state index >= 15 is 0 Å². The van der Waals surface area contributed by atoms with Gasteiger partial charge in [0.25, 0.3) is 11.6 Å². The number of amides is 1. The normalized spacial score (nSPS) is 20.7. The van der Waals surface area contributed by atoms with Crippen LogP contribution in [0.4, 0.5) is 14.5 Å². The number of nitro groups is 1. The molecule has 1 amide bonds. The first-order chi connectivity index (χ1) is 10.8. The Hall–Kier alpha value is -2.09. The zero-order valence-electron chi connectivity index (χ0n) is 12.8. The quantitative estimate of drug-likeness (QED) is 0.665. The van der Waals surface area contributed by atoms with E-state index in [4.69, 9.17) is 4.74 Å². The lowest BCUT2D eigenvalue weighted by atomic mass is 9.93. The second-order valence-electron chi connectivity index (χ2n) is 5.88. The highest BCUT2D eigenvalue weighted by atomic mass is 19.2. The number of hydrogen-bond acceptors (Lipinski definition) is 4. The molecule has 0 spiro atoms. The summed E-state index contributed by atoms with van der Waals surface area (Å²) in [6.07, 6.45) is 0.762. The van der Waals surface area contributed by atoms with Gasteiger partial charge in [0.2, 0.25) is 0 Å². The maximum Gasteiger partial charge on any atom is 0.285 e. The number of nitro benzene ring substituents is 1. The lowest BCUT2D eigenvalue weighted by Gasteiger charge is -2.22. The van der Waals surface area contributed by atoms with E-state index in [2.05, 4.69) is 5.32 Å². The van der Waals surface area contributed by atoms with E-state index in [1.54, 1.807) is 0 Å². The first kappa shape index (κ1) is 17.3. The molecule has 0 radical (unpaired) electrons. The van der Waals surface area contributed by atoms with Crippen molar-refractivity contribution in [2.75, 3.05) is 13.2 Å². The summed E-state index contributed by atoms with van der Waals surface area (Å²) < 4.78 is 32.0. The highest BCUT2D eigenvalue weighted by molar-refractivity contribution is 5.98. The molecule has 23 heavy (non-hydrogen) atoms. The van der Waals surface area contributed by atoms with Gasteiger partial charge in [-0.2, -0.15) is 0 Å². The molecule has 126 valence electrons. The summed E-state index contributed by atoms with van der Waals surface area (Å²) in [6.45, 7) is 4.86. The first-order valence-electron chi connectivity index (χ1n) is 7.34.